The Kier molecular flexibility index (Phi) is 6.66. The molecule has 1 aromatic heterocycles. The third-order valence-electron chi connectivity index (χ3n) is 6.00. The molecule has 3 heterocycles. The highest BCUT2D eigenvalue weighted by atomic mass is 32.2. The van der Waals surface area contributed by atoms with Crippen LogP contribution in [-0.2, 0) is 26.1 Å². The molecule has 0 unspecified atom stereocenters. The average molecular weight is 445 g/mol. The fourth-order valence-corrected chi connectivity index (χ4v) is 5.80. The molecule has 2 aliphatic rings. The van der Waals surface area contributed by atoms with Crippen LogP contribution in [0.1, 0.15) is 23.5 Å². The Morgan fingerprint density at radius 3 is 2.58 bits per heavy atom. The monoisotopic (exact) mass is 444 g/mol. The van der Waals surface area contributed by atoms with E-state index in [9.17, 15) is 13.2 Å². The van der Waals surface area contributed by atoms with Gasteiger partial charge in [-0.05, 0) is 35.6 Å². The lowest BCUT2D eigenvalue weighted by atomic mass is 9.85. The third-order valence-corrected chi connectivity index (χ3v) is 7.73. The van der Waals surface area contributed by atoms with Gasteiger partial charge in [0.05, 0.1) is 19.1 Å². The second kappa shape index (κ2) is 9.44. The molecule has 0 aliphatic carbocycles. The Labute approximate surface area is 183 Å². The van der Waals surface area contributed by atoms with E-state index in [1.54, 1.807) is 11.0 Å². The number of aromatic nitrogens is 1. The van der Waals surface area contributed by atoms with Gasteiger partial charge in [-0.3, -0.25) is 4.79 Å². The lowest BCUT2D eigenvalue weighted by Gasteiger charge is -2.39. The third kappa shape index (κ3) is 4.79. The van der Waals surface area contributed by atoms with Crippen molar-refractivity contribution in [1.82, 2.24) is 14.2 Å². The summed E-state index contributed by atoms with van der Waals surface area (Å²) in [6.45, 7) is 2.80. The number of hydrogen-bond acceptors (Lipinski definition) is 6. The topological polar surface area (TPSA) is 106 Å². The summed E-state index contributed by atoms with van der Waals surface area (Å²) < 4.78 is 33.7. The summed E-state index contributed by atoms with van der Waals surface area (Å²) in [7, 11) is -3.86. The molecule has 9 heteroatoms. The van der Waals surface area contributed by atoms with Gasteiger partial charge in [-0.25, -0.2) is 13.4 Å². The van der Waals surface area contributed by atoms with E-state index in [2.05, 4.69) is 4.98 Å². The van der Waals surface area contributed by atoms with Crippen LogP contribution in [0.4, 0.5) is 0 Å². The molecular formula is C22H28N4O4S. The van der Waals surface area contributed by atoms with Gasteiger partial charge in [-0.1, -0.05) is 30.3 Å². The molecule has 1 amide bonds. The number of carbonyl (C=O) groups is 1. The fourth-order valence-electron chi connectivity index (χ4n) is 4.29. The number of nitrogens with zero attached hydrogens (tertiary/aromatic N) is 3. The first-order valence-corrected chi connectivity index (χ1v) is 12.0. The molecule has 31 heavy (non-hydrogen) atoms. The Bertz CT molecular complexity index is 1010. The normalized spacial score (nSPS) is 22.9. The largest absolute Gasteiger partial charge is 0.378 e. The molecule has 2 fully saturated rings. The van der Waals surface area contributed by atoms with E-state index >= 15 is 0 Å². The second-order valence-electron chi connectivity index (χ2n) is 8.01. The number of ether oxygens (including phenoxy) is 1. The number of benzene rings is 1. The number of rotatable bonds is 5. The van der Waals surface area contributed by atoms with Crippen molar-refractivity contribution in [3.05, 3.63) is 59.8 Å². The summed E-state index contributed by atoms with van der Waals surface area (Å²) in [5, 5.41) is -0.0262. The number of nitrogens with two attached hydrogens (primary N) is 1. The fraction of sp³-hybridized carbons (Fsp3) is 0.455. The Hall–Kier alpha value is -2.33. The number of hydrogen-bond donors (Lipinski definition) is 1. The van der Waals surface area contributed by atoms with Crippen molar-refractivity contribution in [2.45, 2.75) is 23.9 Å². The van der Waals surface area contributed by atoms with Crippen LogP contribution in [0.5, 0.6) is 0 Å². The van der Waals surface area contributed by atoms with E-state index < -0.39 is 15.9 Å². The van der Waals surface area contributed by atoms with Crippen LogP contribution < -0.4 is 5.73 Å². The maximum Gasteiger partial charge on any atom is 0.260 e. The van der Waals surface area contributed by atoms with Crippen molar-refractivity contribution in [2.24, 2.45) is 11.7 Å². The minimum Gasteiger partial charge on any atom is -0.378 e. The van der Waals surface area contributed by atoms with Gasteiger partial charge in [0.15, 0.2) is 5.03 Å². The van der Waals surface area contributed by atoms with Gasteiger partial charge in [-0.2, -0.15) is 4.31 Å². The highest BCUT2D eigenvalue weighted by Crippen LogP contribution is 2.34. The number of carbonyl (C=O) groups excluding carboxylic acids is 1. The molecule has 0 spiro atoms. The van der Waals surface area contributed by atoms with Crippen LogP contribution in [0.25, 0.3) is 0 Å². The van der Waals surface area contributed by atoms with Gasteiger partial charge in [0.1, 0.15) is 0 Å². The van der Waals surface area contributed by atoms with Gasteiger partial charge in [-0.15, -0.1) is 0 Å². The van der Waals surface area contributed by atoms with Crippen molar-refractivity contribution in [1.29, 1.82) is 0 Å². The molecule has 2 N–H and O–H groups in total. The van der Waals surface area contributed by atoms with E-state index in [1.807, 2.05) is 30.3 Å². The highest BCUT2D eigenvalue weighted by molar-refractivity contribution is 7.89. The van der Waals surface area contributed by atoms with Crippen molar-refractivity contribution < 1.29 is 17.9 Å². The van der Waals surface area contributed by atoms with Crippen LogP contribution >= 0.6 is 0 Å². The molecule has 4 rings (SSSR count). The summed E-state index contributed by atoms with van der Waals surface area (Å²) >= 11 is 0. The zero-order valence-corrected chi connectivity index (χ0v) is 18.2. The Morgan fingerprint density at radius 1 is 1.13 bits per heavy atom. The Balaban J connectivity index is 1.64. The molecule has 1 aromatic carbocycles. The average Bonchev–Trinajstić information content (AvgIpc) is 2.84. The number of sulfonamides is 1. The minimum atomic E-state index is -3.86. The zero-order valence-electron chi connectivity index (χ0n) is 17.4. The van der Waals surface area contributed by atoms with Gasteiger partial charge < -0.3 is 15.4 Å². The number of pyridine rings is 1. The van der Waals surface area contributed by atoms with Gasteiger partial charge >= 0.3 is 0 Å². The van der Waals surface area contributed by atoms with Crippen LogP contribution in [0.15, 0.2) is 53.7 Å². The molecule has 0 saturated carbocycles. The molecule has 2 aliphatic heterocycles. The maximum absolute atomic E-state index is 13.5. The van der Waals surface area contributed by atoms with E-state index in [-0.39, 0.29) is 29.9 Å². The molecule has 2 atom stereocenters. The van der Waals surface area contributed by atoms with Gasteiger partial charge in [0.25, 0.3) is 10.0 Å². The van der Waals surface area contributed by atoms with Crippen molar-refractivity contribution >= 4 is 15.9 Å². The number of morpholine rings is 1. The van der Waals surface area contributed by atoms with Gasteiger partial charge in [0, 0.05) is 38.9 Å². The van der Waals surface area contributed by atoms with Crippen LogP contribution in [0, 0.1) is 5.92 Å². The second-order valence-corrected chi connectivity index (χ2v) is 9.89. The first kappa shape index (κ1) is 21.9. The standard InChI is InChI=1S/C22H28N4O4S/c23-14-17-6-7-24-21(12-17)31(28,29)26-15-19(18-4-2-1-3-5-18)13-20(16-26)22(27)25-8-10-30-11-9-25/h1-7,12,19-20H,8-11,13-16,23H2/t19-,20+/m0/s1. The summed E-state index contributed by atoms with van der Waals surface area (Å²) in [5.41, 5.74) is 7.42. The van der Waals surface area contributed by atoms with Crippen molar-refractivity contribution in [3.63, 3.8) is 0 Å². The van der Waals surface area contributed by atoms with E-state index in [4.69, 9.17) is 10.5 Å². The lowest BCUT2D eigenvalue weighted by Crippen LogP contribution is -2.51. The van der Waals surface area contributed by atoms with Crippen molar-refractivity contribution in [2.75, 3.05) is 39.4 Å². The summed E-state index contributed by atoms with van der Waals surface area (Å²) in [4.78, 5) is 19.1. The molecule has 0 bridgehead atoms. The van der Waals surface area contributed by atoms with Crippen LogP contribution in [-0.4, -0.2) is 67.9 Å². The summed E-state index contributed by atoms with van der Waals surface area (Å²) in [6, 6.07) is 13.0. The van der Waals surface area contributed by atoms with Crippen molar-refractivity contribution in [3.8, 4) is 0 Å². The number of piperidine rings is 1. The van der Waals surface area contributed by atoms with E-state index in [1.165, 1.54) is 16.6 Å². The first-order valence-electron chi connectivity index (χ1n) is 10.6. The molecule has 8 nitrogen and oxygen atoms in total. The van der Waals surface area contributed by atoms with E-state index in [0.29, 0.717) is 44.8 Å². The molecule has 2 saturated heterocycles. The highest BCUT2D eigenvalue weighted by Gasteiger charge is 2.40. The predicted molar refractivity (Wildman–Crippen MR) is 116 cm³/mol. The summed E-state index contributed by atoms with van der Waals surface area (Å²) in [6.07, 6.45) is 2.08. The van der Waals surface area contributed by atoms with E-state index in [0.717, 1.165) is 5.56 Å². The van der Waals surface area contributed by atoms with Crippen LogP contribution in [0.2, 0.25) is 0 Å². The lowest BCUT2D eigenvalue weighted by molar-refractivity contribution is -0.141. The SMILES string of the molecule is NCc1ccnc(S(=O)(=O)N2C[C@H](C(=O)N3CCOCC3)C[C@H](c3ccccc3)C2)c1. The minimum absolute atomic E-state index is 0.00667. The number of amides is 1. The Morgan fingerprint density at radius 2 is 1.87 bits per heavy atom. The smallest absolute Gasteiger partial charge is 0.260 e. The predicted octanol–water partition coefficient (Wildman–Crippen LogP) is 1.19. The molecular weight excluding hydrogens is 416 g/mol. The zero-order chi connectivity index (χ0) is 21.8. The maximum atomic E-state index is 13.5. The first-order chi connectivity index (χ1) is 15.0. The van der Waals surface area contributed by atoms with Gasteiger partial charge in [0.2, 0.25) is 5.91 Å². The molecule has 166 valence electrons. The van der Waals surface area contributed by atoms with Crippen LogP contribution in [0.3, 0.4) is 0 Å². The summed E-state index contributed by atoms with van der Waals surface area (Å²) in [5.74, 6) is -0.491. The molecule has 0 radical (unpaired) electrons. The quantitative estimate of drug-likeness (QED) is 0.743. The molecule has 2 aromatic rings.